The van der Waals surface area contributed by atoms with Crippen molar-refractivity contribution in [3.63, 3.8) is 0 Å². The van der Waals surface area contributed by atoms with Crippen LogP contribution in [0.4, 0.5) is 0 Å². The molecule has 0 N–H and O–H groups in total. The number of ether oxygens (including phenoxy) is 2. The van der Waals surface area contributed by atoms with E-state index in [9.17, 15) is 13.7 Å². The van der Waals surface area contributed by atoms with E-state index in [1.165, 1.54) is 12.1 Å². The third-order valence-electron chi connectivity index (χ3n) is 6.05. The molecular weight excluding hydrogens is 500 g/mol. The lowest BCUT2D eigenvalue weighted by atomic mass is 10.0. The van der Waals surface area contributed by atoms with Gasteiger partial charge in [0.05, 0.1) is 13.2 Å². The van der Waals surface area contributed by atoms with Crippen molar-refractivity contribution in [3.8, 4) is 17.6 Å². The summed E-state index contributed by atoms with van der Waals surface area (Å²) in [6, 6.07) is 22.9. The van der Waals surface area contributed by atoms with Crippen molar-refractivity contribution < 1.29 is 22.2 Å². The van der Waals surface area contributed by atoms with Gasteiger partial charge < -0.3 is 9.47 Å². The SMILES string of the molecule is CCCCOc1c2ccccc2c(OCCCC)c2cc(S(=O)(=O)ON=C(C#N)c3ccccc3)ccc12. The Morgan fingerprint density at radius 1 is 0.789 bits per heavy atom. The lowest BCUT2D eigenvalue weighted by Crippen LogP contribution is -2.07. The zero-order chi connectivity index (χ0) is 27.0. The van der Waals surface area contributed by atoms with Crippen molar-refractivity contribution in [1.82, 2.24) is 0 Å². The second kappa shape index (κ2) is 12.4. The van der Waals surface area contributed by atoms with Gasteiger partial charge in [-0.2, -0.15) is 13.7 Å². The largest absolute Gasteiger partial charge is 0.492 e. The number of nitrogens with zero attached hydrogens (tertiary/aromatic N) is 2. The van der Waals surface area contributed by atoms with Crippen LogP contribution in [0.1, 0.15) is 45.1 Å². The van der Waals surface area contributed by atoms with Crippen LogP contribution >= 0.6 is 0 Å². The molecule has 38 heavy (non-hydrogen) atoms. The van der Waals surface area contributed by atoms with Crippen molar-refractivity contribution >= 4 is 37.4 Å². The second-order valence-corrected chi connectivity index (χ2v) is 10.3. The number of hydrogen-bond donors (Lipinski definition) is 0. The monoisotopic (exact) mass is 530 g/mol. The van der Waals surface area contributed by atoms with Crippen molar-refractivity contribution in [2.45, 2.75) is 44.4 Å². The molecule has 0 amide bonds. The summed E-state index contributed by atoms with van der Waals surface area (Å²) in [6.45, 7) is 5.21. The second-order valence-electron chi connectivity index (χ2n) is 8.76. The Bertz CT molecular complexity index is 1590. The van der Waals surface area contributed by atoms with E-state index in [0.717, 1.165) is 41.8 Å². The van der Waals surface area contributed by atoms with E-state index in [2.05, 4.69) is 19.0 Å². The standard InChI is InChI=1S/C30H30N2O5S/c1-3-5-18-35-29-24-14-10-11-15-25(24)30(36-19-6-4-2)27-20-23(16-17-26(27)29)38(33,34)37-32-28(21-31)22-12-8-7-9-13-22/h7-17,20H,3-6,18-19H2,1-2H3. The summed E-state index contributed by atoms with van der Waals surface area (Å²) in [5.74, 6) is 1.28. The van der Waals surface area contributed by atoms with E-state index in [-0.39, 0.29) is 10.6 Å². The quantitative estimate of drug-likeness (QED) is 0.0848. The van der Waals surface area contributed by atoms with Crippen LogP contribution in [-0.2, 0) is 14.4 Å². The van der Waals surface area contributed by atoms with Crippen LogP contribution in [0.2, 0.25) is 0 Å². The Hall–Kier alpha value is -4.09. The van der Waals surface area contributed by atoms with Crippen molar-refractivity contribution in [3.05, 3.63) is 78.4 Å². The highest BCUT2D eigenvalue weighted by Gasteiger charge is 2.22. The molecular formula is C30H30N2O5S. The molecule has 0 heterocycles. The van der Waals surface area contributed by atoms with Gasteiger partial charge in [-0.25, -0.2) is 0 Å². The van der Waals surface area contributed by atoms with Gasteiger partial charge in [-0.05, 0) is 31.0 Å². The molecule has 4 aromatic rings. The van der Waals surface area contributed by atoms with Crippen LogP contribution in [0.3, 0.4) is 0 Å². The molecule has 0 aliphatic heterocycles. The third kappa shape index (κ3) is 5.90. The van der Waals surface area contributed by atoms with E-state index in [1.807, 2.05) is 30.3 Å². The molecule has 4 rings (SSSR count). The molecule has 196 valence electrons. The van der Waals surface area contributed by atoms with Gasteiger partial charge in [0.25, 0.3) is 0 Å². The molecule has 8 heteroatoms. The summed E-state index contributed by atoms with van der Waals surface area (Å²) < 4.78 is 43.7. The number of unbranched alkanes of at least 4 members (excludes halogenated alkanes) is 2. The first-order valence-corrected chi connectivity index (χ1v) is 14.1. The number of hydrogen-bond acceptors (Lipinski definition) is 7. The Morgan fingerprint density at radius 2 is 1.34 bits per heavy atom. The zero-order valence-corrected chi connectivity index (χ0v) is 22.3. The Morgan fingerprint density at radius 3 is 1.92 bits per heavy atom. The van der Waals surface area contributed by atoms with Crippen LogP contribution in [0, 0.1) is 11.3 Å². The first kappa shape index (κ1) is 27.0. The molecule has 0 fully saturated rings. The fraction of sp³-hybridized carbons (Fsp3) is 0.267. The predicted molar refractivity (Wildman–Crippen MR) is 149 cm³/mol. The molecule has 0 bridgehead atoms. The Labute approximate surface area is 223 Å². The van der Waals surface area contributed by atoms with Gasteiger partial charge in [-0.1, -0.05) is 86.4 Å². The number of oxime groups is 1. The lowest BCUT2D eigenvalue weighted by molar-refractivity contribution is 0.311. The van der Waals surface area contributed by atoms with Gasteiger partial charge in [0, 0.05) is 27.1 Å². The summed E-state index contributed by atoms with van der Waals surface area (Å²) in [6.07, 6.45) is 3.70. The van der Waals surface area contributed by atoms with Gasteiger partial charge in [-0.3, -0.25) is 4.28 Å². The summed E-state index contributed by atoms with van der Waals surface area (Å²) in [5.41, 5.74) is 0.312. The lowest BCUT2D eigenvalue weighted by Gasteiger charge is -2.18. The van der Waals surface area contributed by atoms with E-state index >= 15 is 0 Å². The highest BCUT2D eigenvalue weighted by molar-refractivity contribution is 7.86. The molecule has 4 aromatic carbocycles. The average Bonchev–Trinajstić information content (AvgIpc) is 2.94. The maximum Gasteiger partial charge on any atom is 0.358 e. The maximum absolute atomic E-state index is 13.1. The zero-order valence-electron chi connectivity index (χ0n) is 21.5. The fourth-order valence-corrected chi connectivity index (χ4v) is 4.80. The van der Waals surface area contributed by atoms with E-state index in [0.29, 0.717) is 35.7 Å². The minimum atomic E-state index is -4.33. The van der Waals surface area contributed by atoms with Crippen LogP contribution in [-0.4, -0.2) is 27.3 Å². The number of rotatable bonds is 12. The van der Waals surface area contributed by atoms with E-state index in [4.69, 9.17) is 13.8 Å². The fourth-order valence-electron chi connectivity index (χ4n) is 4.05. The first-order chi connectivity index (χ1) is 18.5. The van der Waals surface area contributed by atoms with Gasteiger partial charge >= 0.3 is 10.1 Å². The number of nitriles is 1. The number of benzene rings is 4. The minimum absolute atomic E-state index is 0.103. The molecule has 0 saturated heterocycles. The van der Waals surface area contributed by atoms with Crippen LogP contribution in [0.5, 0.6) is 11.5 Å². The predicted octanol–water partition coefficient (Wildman–Crippen LogP) is 6.98. The topological polar surface area (TPSA) is 98.0 Å². The van der Waals surface area contributed by atoms with Gasteiger partial charge in [-0.15, -0.1) is 0 Å². The molecule has 7 nitrogen and oxygen atoms in total. The van der Waals surface area contributed by atoms with Crippen molar-refractivity contribution in [2.24, 2.45) is 5.16 Å². The minimum Gasteiger partial charge on any atom is -0.492 e. The van der Waals surface area contributed by atoms with Gasteiger partial charge in [0.2, 0.25) is 0 Å². The molecule has 0 aliphatic rings. The van der Waals surface area contributed by atoms with E-state index < -0.39 is 10.1 Å². The van der Waals surface area contributed by atoms with Crippen molar-refractivity contribution in [2.75, 3.05) is 13.2 Å². The van der Waals surface area contributed by atoms with Crippen LogP contribution in [0.15, 0.2) is 82.8 Å². The van der Waals surface area contributed by atoms with Crippen LogP contribution < -0.4 is 9.47 Å². The smallest absolute Gasteiger partial charge is 0.358 e. The highest BCUT2D eigenvalue weighted by Crippen LogP contribution is 2.43. The summed E-state index contributed by atoms with van der Waals surface area (Å²) in [5, 5.41) is 16.2. The first-order valence-electron chi connectivity index (χ1n) is 12.7. The molecule has 0 radical (unpaired) electrons. The average molecular weight is 531 g/mol. The normalized spacial score (nSPS) is 11.9. The molecule has 0 spiro atoms. The molecule has 0 saturated carbocycles. The Kier molecular flexibility index (Phi) is 8.82. The summed E-state index contributed by atoms with van der Waals surface area (Å²) in [4.78, 5) is -0.103. The summed E-state index contributed by atoms with van der Waals surface area (Å²) in [7, 11) is -4.33. The number of fused-ring (bicyclic) bond motifs is 2. The Balaban J connectivity index is 1.83. The molecule has 0 aliphatic carbocycles. The molecule has 0 unspecified atom stereocenters. The summed E-state index contributed by atoms with van der Waals surface area (Å²) >= 11 is 0. The molecule has 0 aromatic heterocycles. The van der Waals surface area contributed by atoms with Crippen molar-refractivity contribution in [1.29, 1.82) is 5.26 Å². The van der Waals surface area contributed by atoms with Gasteiger partial charge in [0.1, 0.15) is 22.5 Å². The third-order valence-corrected chi connectivity index (χ3v) is 7.16. The van der Waals surface area contributed by atoms with E-state index in [1.54, 1.807) is 36.4 Å². The maximum atomic E-state index is 13.1. The van der Waals surface area contributed by atoms with Gasteiger partial charge in [0.15, 0.2) is 5.71 Å². The molecule has 0 atom stereocenters. The van der Waals surface area contributed by atoms with Crippen LogP contribution in [0.25, 0.3) is 21.5 Å². The highest BCUT2D eigenvalue weighted by atomic mass is 32.2.